The maximum atomic E-state index is 11.9. The molecule has 0 heterocycles. The van der Waals surface area contributed by atoms with Gasteiger partial charge in [-0.2, -0.15) is 0 Å². The molecule has 0 saturated heterocycles. The molecular weight excluding hydrogens is 374 g/mol. The van der Waals surface area contributed by atoms with Gasteiger partial charge in [0, 0.05) is 0 Å². The maximum absolute atomic E-state index is 11.9. The van der Waals surface area contributed by atoms with E-state index in [4.69, 9.17) is 5.11 Å². The van der Waals surface area contributed by atoms with Crippen LogP contribution in [0.2, 0.25) is 0 Å². The largest absolute Gasteiger partial charge is 1.00 e. The van der Waals surface area contributed by atoms with Crippen molar-refractivity contribution in [2.45, 2.75) is 116 Å². The Bertz CT molecular complexity index is 351. The molecule has 1 unspecified atom stereocenters. The Morgan fingerprint density at radius 3 is 1.36 bits per heavy atom. The van der Waals surface area contributed by atoms with E-state index in [9.17, 15) is 9.90 Å². The molecule has 0 aliphatic heterocycles. The predicted molar refractivity (Wildman–Crippen MR) is 115 cm³/mol. The van der Waals surface area contributed by atoms with Gasteiger partial charge >= 0.3 is 5.91 Å². The van der Waals surface area contributed by atoms with Crippen LogP contribution in [-0.2, 0) is 4.79 Å². The Kier molecular flexibility index (Phi) is 21.6. The highest BCUT2D eigenvalue weighted by Gasteiger charge is 2.31. The molecule has 0 spiro atoms. The number of hydrogen-bond acceptors (Lipinski definition) is 3. The van der Waals surface area contributed by atoms with Gasteiger partial charge in [0.15, 0.2) is 6.10 Å². The van der Waals surface area contributed by atoms with Crippen LogP contribution in [0.15, 0.2) is 0 Å². The van der Waals surface area contributed by atoms with Gasteiger partial charge in [0.1, 0.15) is 0 Å². The molecule has 170 valence electrons. The summed E-state index contributed by atoms with van der Waals surface area (Å²) in [6.45, 7) is 2.52. The minimum Gasteiger partial charge on any atom is -1.00 e. The molecule has 0 aromatic carbocycles. The average Bonchev–Trinajstić information content (AvgIpc) is 2.66. The van der Waals surface area contributed by atoms with E-state index >= 15 is 0 Å². The van der Waals surface area contributed by atoms with E-state index in [0.29, 0.717) is 0 Å². The van der Waals surface area contributed by atoms with Crippen LogP contribution in [0.4, 0.5) is 0 Å². The summed E-state index contributed by atoms with van der Waals surface area (Å²) in [5, 5.41) is 18.4. The second-order valence-electron chi connectivity index (χ2n) is 8.75. The van der Waals surface area contributed by atoms with Crippen molar-refractivity contribution in [1.29, 1.82) is 0 Å². The summed E-state index contributed by atoms with van der Waals surface area (Å²) in [6.07, 6.45) is 20.2. The number of carbonyl (C=O) groups is 1. The first-order chi connectivity index (χ1) is 13.0. The maximum Gasteiger partial charge on any atom is 0.344 e. The van der Waals surface area contributed by atoms with Gasteiger partial charge < -0.3 is 22.6 Å². The first kappa shape index (κ1) is 30.0. The van der Waals surface area contributed by atoms with Gasteiger partial charge in [-0.1, -0.05) is 96.8 Å². The Morgan fingerprint density at radius 1 is 0.714 bits per heavy atom. The molecule has 0 aliphatic rings. The molecule has 0 aromatic rings. The number of amides is 1. The molecule has 0 rings (SSSR count). The quantitative estimate of drug-likeness (QED) is 0.248. The van der Waals surface area contributed by atoms with Crippen LogP contribution in [-0.4, -0.2) is 54.0 Å². The van der Waals surface area contributed by atoms with Crippen LogP contribution >= 0.6 is 0 Å². The number of quaternary nitrogens is 1. The van der Waals surface area contributed by atoms with Gasteiger partial charge in [-0.15, -0.1) is 0 Å². The second-order valence-corrected chi connectivity index (χ2v) is 8.75. The van der Waals surface area contributed by atoms with Crippen LogP contribution in [0.1, 0.15) is 110 Å². The van der Waals surface area contributed by atoms with Crippen molar-refractivity contribution in [3.63, 3.8) is 0 Å². The molecule has 0 aromatic heterocycles. The van der Waals surface area contributed by atoms with Crippen molar-refractivity contribution in [3.8, 4) is 0 Å². The summed E-state index contributed by atoms with van der Waals surface area (Å²) >= 11 is 0. The average molecular weight is 422 g/mol. The van der Waals surface area contributed by atoms with Crippen molar-refractivity contribution in [2.75, 3.05) is 27.2 Å². The number of halogens is 1. The van der Waals surface area contributed by atoms with E-state index in [-0.39, 0.29) is 22.8 Å². The highest BCUT2D eigenvalue weighted by molar-refractivity contribution is 5.73. The molecule has 0 fully saturated rings. The van der Waals surface area contributed by atoms with Crippen molar-refractivity contribution < 1.29 is 31.9 Å². The fourth-order valence-corrected chi connectivity index (χ4v) is 3.65. The third-order valence-corrected chi connectivity index (χ3v) is 5.63. The highest BCUT2D eigenvalue weighted by atomic mass is 35.5. The fourth-order valence-electron chi connectivity index (χ4n) is 3.65. The third-order valence-electron chi connectivity index (χ3n) is 5.63. The first-order valence-corrected chi connectivity index (χ1v) is 11.6. The van der Waals surface area contributed by atoms with Crippen LogP contribution in [0, 0.1) is 0 Å². The topological polar surface area (TPSA) is 57.5 Å². The first-order valence-electron chi connectivity index (χ1n) is 11.6. The fraction of sp³-hybridized carbons (Fsp3) is 0.957. The zero-order valence-electron chi connectivity index (χ0n) is 18.9. The van der Waals surface area contributed by atoms with Gasteiger partial charge in [0.05, 0.1) is 27.2 Å². The lowest BCUT2D eigenvalue weighted by Gasteiger charge is -2.28. The van der Waals surface area contributed by atoms with E-state index in [2.05, 4.69) is 6.92 Å². The van der Waals surface area contributed by atoms with E-state index in [1.807, 2.05) is 14.1 Å². The van der Waals surface area contributed by atoms with Gasteiger partial charge in [-0.3, -0.25) is 4.48 Å². The second kappa shape index (κ2) is 20.1. The van der Waals surface area contributed by atoms with Gasteiger partial charge in [-0.05, 0) is 12.8 Å². The molecule has 0 saturated carbocycles. The minimum absolute atomic E-state index is 0. The van der Waals surface area contributed by atoms with Crippen molar-refractivity contribution >= 4 is 5.91 Å². The Hall–Kier alpha value is -0.160. The molecule has 0 bridgehead atoms. The molecular formula is C23H48ClNO3. The molecule has 1 atom stereocenters. The molecule has 4 nitrogen and oxygen atoms in total. The number of hydrogen-bond donors (Lipinski definition) is 2. The zero-order chi connectivity index (χ0) is 20.4. The van der Waals surface area contributed by atoms with E-state index < -0.39 is 12.7 Å². The van der Waals surface area contributed by atoms with Gasteiger partial charge in [-0.25, -0.2) is 4.79 Å². The Balaban J connectivity index is 0. The molecule has 0 aliphatic carbocycles. The van der Waals surface area contributed by atoms with Crippen molar-refractivity contribution in [2.24, 2.45) is 0 Å². The number of carbonyl (C=O) groups excluding carboxylic acids is 1. The number of nitrogens with zero attached hydrogens (tertiary/aromatic N) is 1. The standard InChI is InChI=1S/C23H48NO3.ClH/c1-4-5-6-7-8-9-10-11-12-13-14-15-16-17-18-19-20-24(2,3)23(27)22(26)21-25;/h22,25-26H,4-21H2,1-3H3;1H/q+1;/p-1. The smallest absolute Gasteiger partial charge is 0.344 e. The molecule has 28 heavy (non-hydrogen) atoms. The SMILES string of the molecule is CCCCCCCCCCCCCCCCCC[N+](C)(C)C(=O)C(O)CO.[Cl-]. The minimum atomic E-state index is -1.25. The molecule has 2 N–H and O–H groups in total. The van der Waals surface area contributed by atoms with E-state index in [1.54, 1.807) is 0 Å². The van der Waals surface area contributed by atoms with Gasteiger partial charge in [0.25, 0.3) is 0 Å². The van der Waals surface area contributed by atoms with Crippen LogP contribution in [0.3, 0.4) is 0 Å². The van der Waals surface area contributed by atoms with Crippen LogP contribution in [0.5, 0.6) is 0 Å². The lowest BCUT2D eigenvalue weighted by molar-refractivity contribution is -0.816. The summed E-state index contributed by atoms with van der Waals surface area (Å²) < 4.78 is 0.153. The normalized spacial score (nSPS) is 12.6. The van der Waals surface area contributed by atoms with Crippen molar-refractivity contribution in [1.82, 2.24) is 0 Å². The lowest BCUT2D eigenvalue weighted by atomic mass is 10.0. The summed E-state index contributed by atoms with van der Waals surface area (Å²) in [6, 6.07) is 0. The van der Waals surface area contributed by atoms with Gasteiger partial charge in [0.2, 0.25) is 0 Å². The summed E-state index contributed by atoms with van der Waals surface area (Å²) in [5.41, 5.74) is 0. The third kappa shape index (κ3) is 16.8. The molecule has 5 heteroatoms. The number of aliphatic hydroxyl groups excluding tert-OH is 2. The summed E-state index contributed by atoms with van der Waals surface area (Å²) in [7, 11) is 3.62. The Labute approximate surface area is 181 Å². The monoisotopic (exact) mass is 421 g/mol. The van der Waals surface area contributed by atoms with Crippen LogP contribution < -0.4 is 12.4 Å². The summed E-state index contributed by atoms with van der Waals surface area (Å²) in [5.74, 6) is -0.293. The predicted octanol–water partition coefficient (Wildman–Crippen LogP) is 2.21. The van der Waals surface area contributed by atoms with Crippen molar-refractivity contribution in [3.05, 3.63) is 0 Å². The van der Waals surface area contributed by atoms with E-state index in [1.165, 1.54) is 89.9 Å². The Morgan fingerprint density at radius 2 is 1.04 bits per heavy atom. The van der Waals surface area contributed by atoms with Crippen LogP contribution in [0.25, 0.3) is 0 Å². The number of rotatable bonds is 19. The lowest BCUT2D eigenvalue weighted by Crippen LogP contribution is -3.00. The van der Waals surface area contributed by atoms with E-state index in [0.717, 1.165) is 19.4 Å². The number of unbranched alkanes of at least 4 members (excludes halogenated alkanes) is 15. The molecule has 0 radical (unpaired) electrons. The summed E-state index contributed by atoms with van der Waals surface area (Å²) in [4.78, 5) is 11.9. The molecule has 1 amide bonds. The zero-order valence-corrected chi connectivity index (χ0v) is 19.7. The number of likely N-dealkylation sites (N-methyl/N-ethyl adjacent to an activating group) is 1. The highest BCUT2D eigenvalue weighted by Crippen LogP contribution is 2.14. The number of aliphatic hydroxyl groups is 2.